The Labute approximate surface area is 98.5 Å². The molecule has 1 atom stereocenters. The van der Waals surface area contributed by atoms with Crippen LogP contribution in [0, 0.1) is 0 Å². The summed E-state index contributed by atoms with van der Waals surface area (Å²) in [6.07, 6.45) is 1.26. The van der Waals surface area contributed by atoms with E-state index >= 15 is 0 Å². The van der Waals surface area contributed by atoms with Gasteiger partial charge in [-0.1, -0.05) is 0 Å². The molecule has 0 aromatic rings. The molecule has 0 N–H and O–H groups in total. The van der Waals surface area contributed by atoms with Gasteiger partial charge in [0.2, 0.25) is 11.8 Å². The molecular formula is C10H19NO4Si. The Balaban J connectivity index is 2.38. The molecule has 1 rings (SSSR count). The van der Waals surface area contributed by atoms with Crippen molar-refractivity contribution in [3.63, 3.8) is 0 Å². The van der Waals surface area contributed by atoms with E-state index in [0.717, 1.165) is 16.7 Å². The highest BCUT2D eigenvalue weighted by Gasteiger charge is 2.29. The fourth-order valence-electron chi connectivity index (χ4n) is 1.90. The second kappa shape index (κ2) is 6.12. The molecule has 0 aliphatic carbocycles. The summed E-state index contributed by atoms with van der Waals surface area (Å²) in [5.74, 6) is -0.101. The molecule has 0 bridgehead atoms. The van der Waals surface area contributed by atoms with Crippen molar-refractivity contribution >= 4 is 22.1 Å². The number of amides is 2. The highest BCUT2D eigenvalue weighted by atomic mass is 28.1. The first kappa shape index (κ1) is 13.3. The maximum atomic E-state index is 11.4. The highest BCUT2D eigenvalue weighted by Crippen LogP contribution is 2.19. The zero-order valence-electron chi connectivity index (χ0n) is 10.1. The average Bonchev–Trinajstić information content (AvgIpc) is 2.58. The lowest BCUT2D eigenvalue weighted by Gasteiger charge is -2.23. The SMILES string of the molecule is COC(OC)C([SiH3])CCN1C(=O)CCC1=O. The summed E-state index contributed by atoms with van der Waals surface area (Å²) < 4.78 is 10.3. The van der Waals surface area contributed by atoms with Crippen LogP contribution in [-0.4, -0.2) is 54.0 Å². The molecule has 0 aromatic heterocycles. The highest BCUT2D eigenvalue weighted by molar-refractivity contribution is 6.12. The Kier molecular flexibility index (Phi) is 5.10. The summed E-state index contributed by atoms with van der Waals surface area (Å²) >= 11 is 0. The molecule has 92 valence electrons. The minimum absolute atomic E-state index is 0.0507. The van der Waals surface area contributed by atoms with E-state index in [2.05, 4.69) is 0 Å². The Morgan fingerprint density at radius 1 is 1.25 bits per heavy atom. The van der Waals surface area contributed by atoms with Crippen LogP contribution in [0.15, 0.2) is 0 Å². The van der Waals surface area contributed by atoms with Crippen LogP contribution in [0.3, 0.4) is 0 Å². The topological polar surface area (TPSA) is 55.8 Å². The monoisotopic (exact) mass is 245 g/mol. The Morgan fingerprint density at radius 3 is 2.19 bits per heavy atom. The minimum Gasteiger partial charge on any atom is -0.356 e. The van der Waals surface area contributed by atoms with E-state index in [4.69, 9.17) is 9.47 Å². The molecule has 5 nitrogen and oxygen atoms in total. The molecule has 1 unspecified atom stereocenters. The number of rotatable bonds is 6. The molecule has 0 aromatic carbocycles. The van der Waals surface area contributed by atoms with E-state index in [1.807, 2.05) is 0 Å². The molecule has 0 saturated carbocycles. The first-order valence-electron chi connectivity index (χ1n) is 5.49. The van der Waals surface area contributed by atoms with Crippen LogP contribution >= 0.6 is 0 Å². The van der Waals surface area contributed by atoms with Gasteiger partial charge >= 0.3 is 0 Å². The standard InChI is InChI=1S/C10H19NO4Si/c1-14-10(15-2)7(16)5-6-11-8(12)3-4-9(11)13/h7,10H,3-6H2,1-2,16H3. The molecule has 0 radical (unpaired) electrons. The molecule has 1 saturated heterocycles. The lowest BCUT2D eigenvalue weighted by molar-refractivity contribution is -0.139. The quantitative estimate of drug-likeness (QED) is 0.353. The second-order valence-corrected chi connectivity index (χ2v) is 5.53. The summed E-state index contributed by atoms with van der Waals surface area (Å²) in [4.78, 5) is 24.1. The zero-order chi connectivity index (χ0) is 12.1. The van der Waals surface area contributed by atoms with Gasteiger partial charge < -0.3 is 9.47 Å². The van der Waals surface area contributed by atoms with Crippen molar-refractivity contribution in [1.29, 1.82) is 0 Å². The van der Waals surface area contributed by atoms with Crippen LogP contribution in [0.5, 0.6) is 0 Å². The van der Waals surface area contributed by atoms with E-state index in [9.17, 15) is 9.59 Å². The Hall–Kier alpha value is -0.723. The van der Waals surface area contributed by atoms with Gasteiger partial charge in [0.05, 0.1) is 0 Å². The number of carbonyl (C=O) groups excluding carboxylic acids is 2. The number of imide groups is 1. The van der Waals surface area contributed by atoms with E-state index in [1.165, 1.54) is 4.90 Å². The number of methoxy groups -OCH3 is 2. The van der Waals surface area contributed by atoms with Crippen molar-refractivity contribution in [3.05, 3.63) is 0 Å². The van der Waals surface area contributed by atoms with Crippen LogP contribution in [-0.2, 0) is 19.1 Å². The number of hydrogen-bond donors (Lipinski definition) is 0. The molecule has 6 heteroatoms. The number of hydrogen-bond acceptors (Lipinski definition) is 4. The van der Waals surface area contributed by atoms with Crippen molar-refractivity contribution in [3.8, 4) is 0 Å². The van der Waals surface area contributed by atoms with Crippen LogP contribution in [0.4, 0.5) is 0 Å². The molecule has 1 aliphatic heterocycles. The van der Waals surface area contributed by atoms with Crippen molar-refractivity contribution < 1.29 is 19.1 Å². The predicted molar refractivity (Wildman–Crippen MR) is 62.1 cm³/mol. The minimum atomic E-state index is -0.223. The first-order chi connectivity index (χ1) is 7.60. The van der Waals surface area contributed by atoms with E-state index in [-0.39, 0.29) is 23.6 Å². The van der Waals surface area contributed by atoms with Crippen molar-refractivity contribution in [2.24, 2.45) is 0 Å². The van der Waals surface area contributed by atoms with Crippen molar-refractivity contribution in [2.45, 2.75) is 31.1 Å². The lowest BCUT2D eigenvalue weighted by Crippen LogP contribution is -2.32. The third-order valence-corrected chi connectivity index (χ3v) is 4.01. The van der Waals surface area contributed by atoms with E-state index < -0.39 is 0 Å². The number of nitrogens with zero attached hydrogens (tertiary/aromatic N) is 1. The molecule has 1 aliphatic rings. The number of carbonyl (C=O) groups is 2. The predicted octanol–water partition coefficient (Wildman–Crippen LogP) is -0.702. The zero-order valence-corrected chi connectivity index (χ0v) is 12.1. The van der Waals surface area contributed by atoms with E-state index in [1.54, 1.807) is 14.2 Å². The van der Waals surface area contributed by atoms with Gasteiger partial charge in [-0.25, -0.2) is 0 Å². The average molecular weight is 245 g/mol. The summed E-state index contributed by atoms with van der Waals surface area (Å²) in [5, 5.41) is 0. The van der Waals surface area contributed by atoms with Crippen LogP contribution < -0.4 is 0 Å². The van der Waals surface area contributed by atoms with E-state index in [0.29, 0.717) is 19.4 Å². The van der Waals surface area contributed by atoms with Gasteiger partial charge in [-0.05, 0) is 12.0 Å². The molecule has 1 heterocycles. The fraction of sp³-hybridized carbons (Fsp3) is 0.800. The van der Waals surface area contributed by atoms with Gasteiger partial charge in [0.25, 0.3) is 0 Å². The smallest absolute Gasteiger partial charge is 0.229 e. The largest absolute Gasteiger partial charge is 0.356 e. The van der Waals surface area contributed by atoms with Gasteiger partial charge in [-0.15, -0.1) is 0 Å². The summed E-state index contributed by atoms with van der Waals surface area (Å²) in [7, 11) is 4.11. The maximum Gasteiger partial charge on any atom is 0.229 e. The molecule has 2 amide bonds. The second-order valence-electron chi connectivity index (χ2n) is 4.04. The molecule has 1 fully saturated rings. The van der Waals surface area contributed by atoms with Crippen LogP contribution in [0.1, 0.15) is 19.3 Å². The molecular weight excluding hydrogens is 226 g/mol. The van der Waals surface area contributed by atoms with Crippen LogP contribution in [0.25, 0.3) is 0 Å². The third-order valence-electron chi connectivity index (χ3n) is 2.89. The normalized spacial score (nSPS) is 18.8. The van der Waals surface area contributed by atoms with Crippen LogP contribution in [0.2, 0.25) is 5.54 Å². The fourth-order valence-corrected chi connectivity index (χ4v) is 2.70. The first-order valence-corrected chi connectivity index (χ1v) is 6.64. The van der Waals surface area contributed by atoms with Gasteiger partial charge in [-0.3, -0.25) is 14.5 Å². The Bertz CT molecular complexity index is 252. The van der Waals surface area contributed by atoms with Gasteiger partial charge in [-0.2, -0.15) is 0 Å². The maximum absolute atomic E-state index is 11.4. The van der Waals surface area contributed by atoms with Crippen molar-refractivity contribution in [2.75, 3.05) is 20.8 Å². The summed E-state index contributed by atoms with van der Waals surface area (Å²) in [5.41, 5.74) is 0.288. The summed E-state index contributed by atoms with van der Waals surface area (Å²) in [6, 6.07) is 0. The van der Waals surface area contributed by atoms with Gasteiger partial charge in [0, 0.05) is 43.8 Å². The lowest BCUT2D eigenvalue weighted by atomic mass is 10.2. The molecule has 0 spiro atoms. The number of likely N-dealkylation sites (tertiary alicyclic amines) is 1. The molecule has 16 heavy (non-hydrogen) atoms. The van der Waals surface area contributed by atoms with Gasteiger partial charge in [0.15, 0.2) is 6.29 Å². The van der Waals surface area contributed by atoms with Gasteiger partial charge in [0.1, 0.15) is 0 Å². The summed E-state index contributed by atoms with van der Waals surface area (Å²) in [6.45, 7) is 0.495. The number of ether oxygens (including phenoxy) is 2. The Morgan fingerprint density at radius 2 is 1.75 bits per heavy atom. The third kappa shape index (κ3) is 3.13. The van der Waals surface area contributed by atoms with Crippen molar-refractivity contribution in [1.82, 2.24) is 4.90 Å².